The second-order valence-electron chi connectivity index (χ2n) is 3.96. The van der Waals surface area contributed by atoms with Gasteiger partial charge in [0.05, 0.1) is 0 Å². The number of hydrogen-bond donors (Lipinski definition) is 3. The molecule has 1 rings (SSSR count). The molecule has 0 aliphatic carbocycles. The van der Waals surface area contributed by atoms with Gasteiger partial charge in [-0.2, -0.15) is 0 Å². The Morgan fingerprint density at radius 3 is 2.79 bits per heavy atom. The lowest BCUT2D eigenvalue weighted by Gasteiger charge is -2.11. The van der Waals surface area contributed by atoms with Gasteiger partial charge in [-0.15, -0.1) is 0 Å². The van der Waals surface area contributed by atoms with E-state index < -0.39 is 0 Å². The zero-order chi connectivity index (χ0) is 14.3. The summed E-state index contributed by atoms with van der Waals surface area (Å²) in [6.07, 6.45) is 0.354. The summed E-state index contributed by atoms with van der Waals surface area (Å²) in [5.41, 5.74) is 1.62. The van der Waals surface area contributed by atoms with Gasteiger partial charge < -0.3 is 16.0 Å². The van der Waals surface area contributed by atoms with Gasteiger partial charge in [0.1, 0.15) is 0 Å². The molecule has 0 fully saturated rings. The number of nitrogens with zero attached hydrogens (tertiary/aromatic N) is 1. The molecule has 0 aliphatic rings. The van der Waals surface area contributed by atoms with Crippen LogP contribution in [0.4, 0.5) is 5.69 Å². The number of aliphatic imine (C=N–C) groups is 1. The van der Waals surface area contributed by atoms with Crippen LogP contribution in [-0.4, -0.2) is 32.5 Å². The molecule has 0 radical (unpaired) electrons. The van der Waals surface area contributed by atoms with E-state index in [9.17, 15) is 4.79 Å². The standard InChI is InChI=1S/C13H19ClN4O/c1-9-10(14)5-4-6-11(9)18-12(19)7-8-17-13(15-2)16-3/h4-6H,7-8H2,1-3H3,(H,18,19)(H2,15,16,17). The maximum absolute atomic E-state index is 11.8. The van der Waals surface area contributed by atoms with Crippen LogP contribution in [-0.2, 0) is 4.79 Å². The third-order valence-corrected chi connectivity index (χ3v) is 3.06. The highest BCUT2D eigenvalue weighted by molar-refractivity contribution is 6.31. The van der Waals surface area contributed by atoms with Crippen molar-refractivity contribution in [3.8, 4) is 0 Å². The molecular formula is C13H19ClN4O. The molecule has 0 saturated heterocycles. The first-order valence-corrected chi connectivity index (χ1v) is 6.39. The molecule has 1 aromatic carbocycles. The van der Waals surface area contributed by atoms with E-state index in [1.54, 1.807) is 20.2 Å². The molecule has 0 saturated carbocycles. The average Bonchev–Trinajstić information content (AvgIpc) is 2.40. The van der Waals surface area contributed by atoms with Crippen LogP contribution in [0.3, 0.4) is 0 Å². The minimum absolute atomic E-state index is 0.0653. The van der Waals surface area contributed by atoms with Crippen LogP contribution < -0.4 is 16.0 Å². The van der Waals surface area contributed by atoms with Gasteiger partial charge in [0, 0.05) is 37.8 Å². The smallest absolute Gasteiger partial charge is 0.226 e. The Bertz CT molecular complexity index is 474. The third-order valence-electron chi connectivity index (χ3n) is 2.65. The van der Waals surface area contributed by atoms with Crippen molar-refractivity contribution in [3.05, 3.63) is 28.8 Å². The van der Waals surface area contributed by atoms with Gasteiger partial charge in [0.2, 0.25) is 5.91 Å². The van der Waals surface area contributed by atoms with Crippen molar-refractivity contribution in [3.63, 3.8) is 0 Å². The number of hydrogen-bond acceptors (Lipinski definition) is 2. The van der Waals surface area contributed by atoms with Crippen molar-refractivity contribution in [1.29, 1.82) is 0 Å². The molecule has 0 heterocycles. The number of anilines is 1. The van der Waals surface area contributed by atoms with Gasteiger partial charge >= 0.3 is 0 Å². The number of nitrogens with one attached hydrogen (secondary N) is 3. The third kappa shape index (κ3) is 4.79. The Kier molecular flexibility index (Phi) is 6.15. The van der Waals surface area contributed by atoms with Gasteiger partial charge in [-0.3, -0.25) is 9.79 Å². The summed E-state index contributed by atoms with van der Waals surface area (Å²) in [5, 5.41) is 9.38. The SMILES string of the molecule is CN=C(NC)NCCC(=O)Nc1cccc(Cl)c1C. The Hall–Kier alpha value is -1.75. The van der Waals surface area contributed by atoms with Crippen molar-refractivity contribution in [1.82, 2.24) is 10.6 Å². The van der Waals surface area contributed by atoms with Crippen LogP contribution in [0.15, 0.2) is 23.2 Å². The fraction of sp³-hybridized carbons (Fsp3) is 0.385. The number of guanidine groups is 1. The lowest BCUT2D eigenvalue weighted by atomic mass is 10.2. The van der Waals surface area contributed by atoms with Crippen molar-refractivity contribution < 1.29 is 4.79 Å². The fourth-order valence-electron chi connectivity index (χ4n) is 1.53. The van der Waals surface area contributed by atoms with Crippen molar-refractivity contribution >= 4 is 29.2 Å². The van der Waals surface area contributed by atoms with E-state index in [4.69, 9.17) is 11.6 Å². The van der Waals surface area contributed by atoms with Crippen LogP contribution in [0.5, 0.6) is 0 Å². The van der Waals surface area contributed by atoms with Crippen LogP contribution in [0.1, 0.15) is 12.0 Å². The minimum atomic E-state index is -0.0653. The van der Waals surface area contributed by atoms with E-state index >= 15 is 0 Å². The lowest BCUT2D eigenvalue weighted by Crippen LogP contribution is -2.36. The second kappa shape index (κ2) is 7.63. The quantitative estimate of drug-likeness (QED) is 0.582. The van der Waals surface area contributed by atoms with Gasteiger partial charge in [-0.05, 0) is 24.6 Å². The maximum atomic E-state index is 11.8. The van der Waals surface area contributed by atoms with Crippen molar-refractivity contribution in [2.24, 2.45) is 4.99 Å². The van der Waals surface area contributed by atoms with Gasteiger partial charge in [0.15, 0.2) is 5.96 Å². The zero-order valence-electron chi connectivity index (χ0n) is 11.4. The van der Waals surface area contributed by atoms with Gasteiger partial charge in [-0.25, -0.2) is 0 Å². The number of rotatable bonds is 4. The predicted octanol–water partition coefficient (Wildman–Crippen LogP) is 1.77. The number of carbonyl (C=O) groups is 1. The Balaban J connectivity index is 2.46. The summed E-state index contributed by atoms with van der Waals surface area (Å²) in [7, 11) is 3.44. The van der Waals surface area contributed by atoms with E-state index in [0.717, 1.165) is 11.3 Å². The van der Waals surface area contributed by atoms with Crippen LogP contribution in [0.25, 0.3) is 0 Å². The van der Waals surface area contributed by atoms with Crippen LogP contribution >= 0.6 is 11.6 Å². The van der Waals surface area contributed by atoms with Crippen LogP contribution in [0, 0.1) is 6.92 Å². The maximum Gasteiger partial charge on any atom is 0.226 e. The molecule has 0 aliphatic heterocycles. The van der Waals surface area contributed by atoms with Crippen molar-refractivity contribution in [2.75, 3.05) is 26.0 Å². The van der Waals surface area contributed by atoms with Crippen molar-refractivity contribution in [2.45, 2.75) is 13.3 Å². The van der Waals surface area contributed by atoms with E-state index in [1.807, 2.05) is 19.1 Å². The molecule has 104 valence electrons. The van der Waals surface area contributed by atoms with E-state index in [0.29, 0.717) is 23.9 Å². The van der Waals surface area contributed by atoms with Gasteiger partial charge in [-0.1, -0.05) is 17.7 Å². The van der Waals surface area contributed by atoms with E-state index in [-0.39, 0.29) is 5.91 Å². The number of halogens is 1. The first-order chi connectivity index (χ1) is 9.08. The first kappa shape index (κ1) is 15.3. The number of benzene rings is 1. The summed E-state index contributed by atoms with van der Waals surface area (Å²) in [6.45, 7) is 2.39. The molecule has 1 aromatic rings. The Morgan fingerprint density at radius 1 is 1.42 bits per heavy atom. The summed E-state index contributed by atoms with van der Waals surface area (Å²) in [6, 6.07) is 5.44. The molecule has 19 heavy (non-hydrogen) atoms. The minimum Gasteiger partial charge on any atom is -0.359 e. The Labute approximate surface area is 118 Å². The monoisotopic (exact) mass is 282 g/mol. The molecule has 0 unspecified atom stereocenters. The first-order valence-electron chi connectivity index (χ1n) is 6.02. The fourth-order valence-corrected chi connectivity index (χ4v) is 1.70. The predicted molar refractivity (Wildman–Crippen MR) is 79.9 cm³/mol. The molecule has 3 N–H and O–H groups in total. The van der Waals surface area contributed by atoms with Gasteiger partial charge in [0.25, 0.3) is 0 Å². The normalized spacial score (nSPS) is 11.1. The number of amides is 1. The molecule has 6 heteroatoms. The molecule has 0 aromatic heterocycles. The number of carbonyl (C=O) groups excluding carboxylic acids is 1. The average molecular weight is 283 g/mol. The molecular weight excluding hydrogens is 264 g/mol. The lowest BCUT2D eigenvalue weighted by molar-refractivity contribution is -0.116. The molecule has 0 spiro atoms. The molecule has 5 nitrogen and oxygen atoms in total. The molecule has 0 atom stereocenters. The Morgan fingerprint density at radius 2 is 2.16 bits per heavy atom. The highest BCUT2D eigenvalue weighted by Crippen LogP contribution is 2.22. The van der Waals surface area contributed by atoms with Crippen LogP contribution in [0.2, 0.25) is 5.02 Å². The zero-order valence-corrected chi connectivity index (χ0v) is 12.1. The highest BCUT2D eigenvalue weighted by atomic mass is 35.5. The summed E-state index contributed by atoms with van der Waals surface area (Å²) in [4.78, 5) is 15.7. The van der Waals surface area contributed by atoms with E-state index in [1.165, 1.54) is 0 Å². The highest BCUT2D eigenvalue weighted by Gasteiger charge is 2.06. The van der Waals surface area contributed by atoms with E-state index in [2.05, 4.69) is 20.9 Å². The second-order valence-corrected chi connectivity index (χ2v) is 4.37. The molecule has 0 bridgehead atoms. The topological polar surface area (TPSA) is 65.5 Å². The summed E-state index contributed by atoms with van der Waals surface area (Å²) >= 11 is 5.99. The summed E-state index contributed by atoms with van der Waals surface area (Å²) < 4.78 is 0. The summed E-state index contributed by atoms with van der Waals surface area (Å²) in [5.74, 6) is 0.594. The largest absolute Gasteiger partial charge is 0.359 e. The molecule has 1 amide bonds.